The van der Waals surface area contributed by atoms with Crippen LogP contribution in [0.1, 0.15) is 17.6 Å². The number of ether oxygens (including phenoxy) is 2. The van der Waals surface area contributed by atoms with Crippen LogP contribution in [0.2, 0.25) is 0 Å². The number of benzene rings is 1. The number of aromatic nitrogens is 4. The molecule has 0 atom stereocenters. The van der Waals surface area contributed by atoms with Crippen LogP contribution >= 0.6 is 11.3 Å². The van der Waals surface area contributed by atoms with Crippen LogP contribution in [-0.4, -0.2) is 125 Å². The fraction of sp³-hybridized carbons (Fsp3) is 0.500. The molecule has 6 heterocycles. The van der Waals surface area contributed by atoms with Gasteiger partial charge in [0.15, 0.2) is 5.82 Å². The van der Waals surface area contributed by atoms with Gasteiger partial charge in [0.2, 0.25) is 17.8 Å². The highest BCUT2D eigenvalue weighted by molar-refractivity contribution is 7.19. The van der Waals surface area contributed by atoms with E-state index in [1.54, 1.807) is 21.1 Å². The largest absolute Gasteiger partial charge is 0.378 e. The van der Waals surface area contributed by atoms with Crippen molar-refractivity contribution >= 4 is 50.2 Å². The van der Waals surface area contributed by atoms with Crippen LogP contribution in [-0.2, 0) is 32.0 Å². The summed E-state index contributed by atoms with van der Waals surface area (Å²) in [5.41, 5.74) is 2.82. The molecule has 3 aliphatic rings. The van der Waals surface area contributed by atoms with E-state index in [2.05, 4.69) is 33.4 Å². The minimum atomic E-state index is -0.0101. The van der Waals surface area contributed by atoms with Crippen LogP contribution in [0.15, 0.2) is 30.3 Å². The first-order valence-electron chi connectivity index (χ1n) is 15.0. The topological polar surface area (TPSA) is 109 Å². The third-order valence-corrected chi connectivity index (χ3v) is 9.42. The van der Waals surface area contributed by atoms with E-state index in [1.165, 1.54) is 0 Å². The van der Waals surface area contributed by atoms with Gasteiger partial charge < -0.3 is 24.2 Å². The number of carbonyl (C=O) groups excluding carboxylic acids is 2. The van der Waals surface area contributed by atoms with Gasteiger partial charge in [-0.1, -0.05) is 19.1 Å². The fourth-order valence-electron chi connectivity index (χ4n) is 6.01. The molecule has 3 saturated heterocycles. The van der Waals surface area contributed by atoms with Gasteiger partial charge in [0.25, 0.3) is 0 Å². The van der Waals surface area contributed by atoms with E-state index in [1.807, 2.05) is 18.2 Å². The minimum Gasteiger partial charge on any atom is -0.378 e. The molecule has 0 unspecified atom stereocenters. The van der Waals surface area contributed by atoms with Crippen LogP contribution in [0.5, 0.6) is 0 Å². The molecule has 226 valence electrons. The van der Waals surface area contributed by atoms with Crippen molar-refractivity contribution < 1.29 is 19.1 Å². The van der Waals surface area contributed by atoms with Crippen molar-refractivity contribution in [3.8, 4) is 5.95 Å². The number of thiophene rings is 1. The Hall–Kier alpha value is -3.65. The van der Waals surface area contributed by atoms with Gasteiger partial charge in [-0.05, 0) is 18.2 Å². The van der Waals surface area contributed by atoms with Crippen molar-refractivity contribution in [1.82, 2.24) is 34.2 Å². The van der Waals surface area contributed by atoms with Crippen LogP contribution in [0, 0.1) is 0 Å². The second-order valence-corrected chi connectivity index (χ2v) is 12.2. The molecule has 0 N–H and O–H groups in total. The molecular formula is C30H36N8O4S. The lowest BCUT2D eigenvalue weighted by Crippen LogP contribution is -2.54. The van der Waals surface area contributed by atoms with Crippen molar-refractivity contribution in [3.63, 3.8) is 0 Å². The summed E-state index contributed by atoms with van der Waals surface area (Å²) >= 11 is 1.69. The Bertz CT molecular complexity index is 1640. The fourth-order valence-corrected chi connectivity index (χ4v) is 7.17. The average molecular weight is 605 g/mol. The summed E-state index contributed by atoms with van der Waals surface area (Å²) < 4.78 is 14.1. The third kappa shape index (κ3) is 5.69. The Morgan fingerprint density at radius 2 is 1.70 bits per heavy atom. The second-order valence-electron chi connectivity index (χ2n) is 11.1. The van der Waals surface area contributed by atoms with Gasteiger partial charge in [-0.2, -0.15) is 4.98 Å². The van der Waals surface area contributed by atoms with E-state index in [0.717, 1.165) is 57.3 Å². The molecular weight excluding hydrogens is 568 g/mol. The molecule has 0 radical (unpaired) electrons. The van der Waals surface area contributed by atoms with Crippen molar-refractivity contribution in [3.05, 3.63) is 41.0 Å². The standard InChI is InChI=1S/C30H36N8O4S/c1-2-25-31-22-5-3-4-6-24(22)38(25)30-32-23-17-21(43-28(23)29(33-30)36-11-15-42-16-12-36)18-34-7-8-37(26(39)19-34)20-27(40)35-9-13-41-14-10-35/h3-6,17H,2,7-16,18-20H2,1H3. The van der Waals surface area contributed by atoms with Crippen molar-refractivity contribution in [1.29, 1.82) is 0 Å². The number of hydrogen-bond donors (Lipinski definition) is 0. The normalized spacial score (nSPS) is 18.7. The maximum atomic E-state index is 13.0. The second kappa shape index (κ2) is 12.2. The molecule has 1 aromatic carbocycles. The average Bonchev–Trinajstić information content (AvgIpc) is 3.63. The molecule has 12 nitrogen and oxygen atoms in total. The number of imidazole rings is 1. The summed E-state index contributed by atoms with van der Waals surface area (Å²) in [5, 5.41) is 0. The molecule has 43 heavy (non-hydrogen) atoms. The van der Waals surface area contributed by atoms with E-state index < -0.39 is 0 Å². The summed E-state index contributed by atoms with van der Waals surface area (Å²) in [6, 6.07) is 10.2. The lowest BCUT2D eigenvalue weighted by atomic mass is 10.2. The van der Waals surface area contributed by atoms with Crippen LogP contribution in [0.4, 0.5) is 5.82 Å². The molecule has 0 spiro atoms. The number of para-hydroxylation sites is 2. The molecule has 3 aliphatic heterocycles. The monoisotopic (exact) mass is 604 g/mol. The van der Waals surface area contributed by atoms with Gasteiger partial charge >= 0.3 is 0 Å². The first kappa shape index (κ1) is 28.1. The molecule has 7 rings (SSSR count). The molecule has 0 bridgehead atoms. The van der Waals surface area contributed by atoms with E-state index in [4.69, 9.17) is 24.4 Å². The SMILES string of the molecule is CCc1nc2ccccc2n1-c1nc(N2CCOCC2)c2sc(CN3CCN(CC(=O)N4CCOCC4)C(=O)C3)cc2n1. The number of piperazine rings is 1. The third-order valence-electron chi connectivity index (χ3n) is 8.32. The maximum absolute atomic E-state index is 13.0. The number of nitrogens with zero attached hydrogens (tertiary/aromatic N) is 8. The molecule has 4 aromatic rings. The minimum absolute atomic E-state index is 0.00321. The number of hydrogen-bond acceptors (Lipinski definition) is 10. The predicted molar refractivity (Wildman–Crippen MR) is 164 cm³/mol. The Labute approximate surface area is 253 Å². The van der Waals surface area contributed by atoms with E-state index in [-0.39, 0.29) is 18.4 Å². The molecule has 3 aromatic heterocycles. The quantitative estimate of drug-likeness (QED) is 0.313. The first-order valence-corrected chi connectivity index (χ1v) is 15.8. The zero-order chi connectivity index (χ0) is 29.3. The van der Waals surface area contributed by atoms with Gasteiger partial charge in [-0.15, -0.1) is 11.3 Å². The number of aryl methyl sites for hydroxylation is 1. The highest BCUT2D eigenvalue weighted by atomic mass is 32.1. The summed E-state index contributed by atoms with van der Waals surface area (Å²) in [5.74, 6) is 2.45. The molecule has 0 aliphatic carbocycles. The molecule has 3 fully saturated rings. The highest BCUT2D eigenvalue weighted by Gasteiger charge is 2.29. The first-order chi connectivity index (χ1) is 21.1. The summed E-state index contributed by atoms with van der Waals surface area (Å²) in [6.07, 6.45) is 0.760. The number of fused-ring (bicyclic) bond motifs is 2. The summed E-state index contributed by atoms with van der Waals surface area (Å²) in [6.45, 7) is 9.57. The van der Waals surface area contributed by atoms with Gasteiger partial charge in [0, 0.05) is 57.1 Å². The van der Waals surface area contributed by atoms with E-state index >= 15 is 0 Å². The van der Waals surface area contributed by atoms with Crippen molar-refractivity contribution in [2.24, 2.45) is 0 Å². The van der Waals surface area contributed by atoms with Gasteiger partial charge in [-0.25, -0.2) is 9.97 Å². The Morgan fingerprint density at radius 1 is 0.930 bits per heavy atom. The van der Waals surface area contributed by atoms with Gasteiger partial charge in [-0.3, -0.25) is 19.1 Å². The molecule has 2 amide bonds. The van der Waals surface area contributed by atoms with Crippen molar-refractivity contribution in [2.75, 3.05) is 83.7 Å². The van der Waals surface area contributed by atoms with Crippen LogP contribution in [0.3, 0.4) is 0 Å². The van der Waals surface area contributed by atoms with Gasteiger partial charge in [0.1, 0.15) is 5.82 Å². The molecule has 13 heteroatoms. The summed E-state index contributed by atoms with van der Waals surface area (Å²) in [4.78, 5) is 49.9. The number of amides is 2. The number of carbonyl (C=O) groups is 2. The summed E-state index contributed by atoms with van der Waals surface area (Å²) in [7, 11) is 0. The highest BCUT2D eigenvalue weighted by Crippen LogP contribution is 2.35. The Morgan fingerprint density at radius 3 is 2.47 bits per heavy atom. The van der Waals surface area contributed by atoms with E-state index in [0.29, 0.717) is 71.6 Å². The molecule has 0 saturated carbocycles. The lowest BCUT2D eigenvalue weighted by Gasteiger charge is -2.35. The smallest absolute Gasteiger partial charge is 0.242 e. The number of anilines is 1. The van der Waals surface area contributed by atoms with E-state index in [9.17, 15) is 9.59 Å². The maximum Gasteiger partial charge on any atom is 0.242 e. The predicted octanol–water partition coefficient (Wildman–Crippen LogP) is 1.93. The zero-order valence-corrected chi connectivity index (χ0v) is 25.2. The Balaban J connectivity index is 1.14. The van der Waals surface area contributed by atoms with Crippen LogP contribution in [0.25, 0.3) is 27.2 Å². The van der Waals surface area contributed by atoms with Gasteiger partial charge in [0.05, 0.1) is 60.8 Å². The Kier molecular flexibility index (Phi) is 7.95. The van der Waals surface area contributed by atoms with Crippen molar-refractivity contribution in [2.45, 2.75) is 19.9 Å². The lowest BCUT2D eigenvalue weighted by molar-refractivity contribution is -0.145. The number of morpholine rings is 2. The number of rotatable bonds is 7. The van der Waals surface area contributed by atoms with Crippen LogP contribution < -0.4 is 4.90 Å². The zero-order valence-electron chi connectivity index (χ0n) is 24.4.